The van der Waals surface area contributed by atoms with Crippen molar-refractivity contribution < 1.29 is 10.2 Å². The molecule has 2 nitrogen and oxygen atoms in total. The van der Waals surface area contributed by atoms with Crippen LogP contribution < -0.4 is 0 Å². The molecule has 0 spiro atoms. The first-order chi connectivity index (χ1) is 5.71. The fourth-order valence-corrected chi connectivity index (χ4v) is 3.65. The average Bonchev–Trinajstić information content (AvgIpc) is 2.28. The monoisotopic (exact) mass is 168 g/mol. The molecule has 0 heterocycles. The number of aliphatic hydroxyl groups excluding tert-OH is 1. The Hall–Kier alpha value is -0.0800. The van der Waals surface area contributed by atoms with Gasteiger partial charge < -0.3 is 10.2 Å². The van der Waals surface area contributed by atoms with Crippen molar-refractivity contribution in [2.24, 2.45) is 17.8 Å². The molecule has 3 saturated carbocycles. The molecule has 2 heteroatoms. The first kappa shape index (κ1) is 7.34. The Morgan fingerprint density at radius 2 is 1.83 bits per heavy atom. The minimum absolute atomic E-state index is 0.407. The van der Waals surface area contributed by atoms with E-state index in [4.69, 9.17) is 0 Å². The number of hydrogen-bond donors (Lipinski definition) is 2. The predicted octanol–water partition coefficient (Wildman–Crippen LogP) is 0.918. The van der Waals surface area contributed by atoms with Crippen LogP contribution in [-0.2, 0) is 0 Å². The van der Waals surface area contributed by atoms with Gasteiger partial charge in [-0.1, -0.05) is 0 Å². The second kappa shape index (κ2) is 2.05. The molecule has 68 valence electrons. The Labute approximate surface area is 72.6 Å². The molecule has 0 aromatic heterocycles. The zero-order valence-electron chi connectivity index (χ0n) is 7.24. The van der Waals surface area contributed by atoms with Gasteiger partial charge in [0, 0.05) is 0 Å². The van der Waals surface area contributed by atoms with Gasteiger partial charge in [-0.2, -0.15) is 0 Å². The lowest BCUT2D eigenvalue weighted by Crippen LogP contribution is -2.55. The van der Waals surface area contributed by atoms with E-state index in [0.717, 1.165) is 37.5 Å². The Kier molecular flexibility index (Phi) is 1.25. The van der Waals surface area contributed by atoms with Crippen molar-refractivity contribution >= 4 is 0 Å². The molecule has 3 aliphatic carbocycles. The van der Waals surface area contributed by atoms with Gasteiger partial charge in [-0.05, 0) is 49.9 Å². The third-order valence-corrected chi connectivity index (χ3v) is 4.51. The van der Waals surface area contributed by atoms with E-state index in [1.807, 2.05) is 0 Å². The van der Waals surface area contributed by atoms with Crippen molar-refractivity contribution in [2.45, 2.75) is 43.8 Å². The first-order valence-corrected chi connectivity index (χ1v) is 5.11. The minimum atomic E-state index is -0.688. The van der Waals surface area contributed by atoms with Crippen molar-refractivity contribution in [3.63, 3.8) is 0 Å². The van der Waals surface area contributed by atoms with Gasteiger partial charge in [0.2, 0.25) is 0 Å². The summed E-state index contributed by atoms with van der Waals surface area (Å²) in [6, 6.07) is 0. The third kappa shape index (κ3) is 0.686. The van der Waals surface area contributed by atoms with E-state index in [1.54, 1.807) is 0 Å². The van der Waals surface area contributed by atoms with Crippen LogP contribution in [0.3, 0.4) is 0 Å². The van der Waals surface area contributed by atoms with Crippen LogP contribution in [0.1, 0.15) is 32.1 Å². The van der Waals surface area contributed by atoms with Crippen molar-refractivity contribution in [3.8, 4) is 0 Å². The van der Waals surface area contributed by atoms with E-state index in [0.29, 0.717) is 5.92 Å². The maximum absolute atomic E-state index is 10.1. The van der Waals surface area contributed by atoms with E-state index in [9.17, 15) is 10.2 Å². The van der Waals surface area contributed by atoms with Gasteiger partial charge in [0.15, 0.2) is 0 Å². The van der Waals surface area contributed by atoms with Gasteiger partial charge in [0.25, 0.3) is 0 Å². The zero-order valence-corrected chi connectivity index (χ0v) is 7.24. The number of fused-ring (bicyclic) bond motifs is 4. The smallest absolute Gasteiger partial charge is 0.0911 e. The van der Waals surface area contributed by atoms with Crippen LogP contribution in [0.4, 0.5) is 0 Å². The summed E-state index contributed by atoms with van der Waals surface area (Å²) in [6.45, 7) is 0. The average molecular weight is 168 g/mol. The number of rotatable bonds is 0. The second-order valence-corrected chi connectivity index (χ2v) is 4.96. The quantitative estimate of drug-likeness (QED) is 0.564. The first-order valence-electron chi connectivity index (χ1n) is 5.11. The molecule has 5 unspecified atom stereocenters. The lowest BCUT2D eigenvalue weighted by Gasteiger charge is -2.50. The van der Waals surface area contributed by atoms with Crippen molar-refractivity contribution in [1.29, 1.82) is 0 Å². The fraction of sp³-hybridized carbons (Fsp3) is 1.00. The van der Waals surface area contributed by atoms with Crippen LogP contribution in [0.5, 0.6) is 0 Å². The summed E-state index contributed by atoms with van der Waals surface area (Å²) in [4.78, 5) is 0. The molecule has 0 amide bonds. The summed E-state index contributed by atoms with van der Waals surface area (Å²) in [5.74, 6) is 1.93. The molecule has 0 aliphatic heterocycles. The molecule has 0 saturated heterocycles. The molecular weight excluding hydrogens is 152 g/mol. The van der Waals surface area contributed by atoms with Crippen molar-refractivity contribution in [3.05, 3.63) is 0 Å². The van der Waals surface area contributed by atoms with Crippen LogP contribution in [0.15, 0.2) is 0 Å². The largest absolute Gasteiger partial charge is 0.390 e. The molecule has 0 radical (unpaired) electrons. The number of hydrogen-bond acceptors (Lipinski definition) is 2. The minimum Gasteiger partial charge on any atom is -0.390 e. The standard InChI is InChI=1S/C10H16O2/c11-9-8-2-1-7(8)6-3-4-10(9,12)5-6/h6-9,11-12H,1-5H2. The maximum atomic E-state index is 10.1. The number of aliphatic hydroxyl groups is 2. The molecule has 3 aliphatic rings. The summed E-state index contributed by atoms with van der Waals surface area (Å²) >= 11 is 0. The van der Waals surface area contributed by atoms with E-state index >= 15 is 0 Å². The Balaban J connectivity index is 1.94. The summed E-state index contributed by atoms with van der Waals surface area (Å²) in [6.07, 6.45) is 4.89. The zero-order chi connectivity index (χ0) is 8.34. The highest BCUT2D eigenvalue weighted by atomic mass is 16.3. The van der Waals surface area contributed by atoms with Crippen molar-refractivity contribution in [1.82, 2.24) is 0 Å². The molecular formula is C10H16O2. The van der Waals surface area contributed by atoms with Crippen LogP contribution in [-0.4, -0.2) is 21.9 Å². The molecule has 0 aromatic rings. The molecule has 12 heavy (non-hydrogen) atoms. The molecule has 5 atom stereocenters. The summed E-state index contributed by atoms with van der Waals surface area (Å²) in [7, 11) is 0. The summed E-state index contributed by atoms with van der Waals surface area (Å²) < 4.78 is 0. The Bertz CT molecular complexity index is 216. The van der Waals surface area contributed by atoms with Crippen LogP contribution in [0.25, 0.3) is 0 Å². The Morgan fingerprint density at radius 1 is 1.08 bits per heavy atom. The lowest BCUT2D eigenvalue weighted by atomic mass is 9.58. The Morgan fingerprint density at radius 3 is 2.50 bits per heavy atom. The predicted molar refractivity (Wildman–Crippen MR) is 44.5 cm³/mol. The molecule has 2 bridgehead atoms. The topological polar surface area (TPSA) is 40.5 Å². The van der Waals surface area contributed by atoms with Gasteiger partial charge in [-0.15, -0.1) is 0 Å². The molecule has 3 rings (SSSR count). The van der Waals surface area contributed by atoms with Crippen LogP contribution in [0.2, 0.25) is 0 Å². The highest BCUT2D eigenvalue weighted by Crippen LogP contribution is 2.57. The molecule has 3 fully saturated rings. The SMILES string of the molecule is OC1C2CCC2C2CCC1(O)C2. The van der Waals surface area contributed by atoms with Crippen LogP contribution in [0, 0.1) is 17.8 Å². The summed E-state index contributed by atoms with van der Waals surface area (Å²) in [5.41, 5.74) is -0.688. The van der Waals surface area contributed by atoms with Gasteiger partial charge in [-0.3, -0.25) is 0 Å². The second-order valence-electron chi connectivity index (χ2n) is 4.96. The van der Waals surface area contributed by atoms with E-state index in [1.165, 1.54) is 6.42 Å². The van der Waals surface area contributed by atoms with E-state index in [2.05, 4.69) is 0 Å². The van der Waals surface area contributed by atoms with E-state index in [-0.39, 0.29) is 0 Å². The van der Waals surface area contributed by atoms with Gasteiger partial charge in [0.05, 0.1) is 11.7 Å². The highest BCUT2D eigenvalue weighted by molar-refractivity contribution is 5.09. The fourth-order valence-electron chi connectivity index (χ4n) is 3.65. The summed E-state index contributed by atoms with van der Waals surface area (Å²) in [5, 5.41) is 20.0. The van der Waals surface area contributed by atoms with Gasteiger partial charge in [0.1, 0.15) is 0 Å². The van der Waals surface area contributed by atoms with E-state index < -0.39 is 11.7 Å². The molecule has 2 N–H and O–H groups in total. The van der Waals surface area contributed by atoms with Crippen molar-refractivity contribution in [2.75, 3.05) is 0 Å². The van der Waals surface area contributed by atoms with Gasteiger partial charge in [-0.25, -0.2) is 0 Å². The highest BCUT2D eigenvalue weighted by Gasteiger charge is 2.58. The third-order valence-electron chi connectivity index (χ3n) is 4.51. The molecule has 0 aromatic carbocycles. The normalized spacial score (nSPS) is 62.5. The van der Waals surface area contributed by atoms with Crippen LogP contribution >= 0.6 is 0 Å². The van der Waals surface area contributed by atoms with Gasteiger partial charge >= 0.3 is 0 Å². The maximum Gasteiger partial charge on any atom is 0.0911 e. The lowest BCUT2D eigenvalue weighted by molar-refractivity contribution is -0.159.